The molecule has 2 heterocycles. The molecule has 1 unspecified atom stereocenters. The average Bonchev–Trinajstić information content (AvgIpc) is 3.54. The van der Waals surface area contributed by atoms with E-state index in [1.54, 1.807) is 53.4 Å². The van der Waals surface area contributed by atoms with E-state index >= 15 is 4.39 Å². The number of benzene rings is 1. The molecule has 1 saturated heterocycles. The standard InChI is InChI=1S/C27H38FN5O7/c1-8-38-21-19-17(13-18(28)20(21)31-12-11-15(14-31)29-23(35)39-26(2,3)4)22(34)33(25(37)32(19)16-9-10-16)30-24(36)40-27(5,6)7/h13,15-16H,8-12,14H2,1-7H3,(H,29,35)(H,30,36). The maximum atomic E-state index is 15.8. The highest BCUT2D eigenvalue weighted by molar-refractivity contribution is 5.91. The Kier molecular flexibility index (Phi) is 7.79. The van der Waals surface area contributed by atoms with Gasteiger partial charge < -0.3 is 24.4 Å². The second-order valence-corrected chi connectivity index (χ2v) is 12.1. The van der Waals surface area contributed by atoms with Gasteiger partial charge >= 0.3 is 17.9 Å². The second-order valence-electron chi connectivity index (χ2n) is 12.1. The van der Waals surface area contributed by atoms with Crippen molar-refractivity contribution < 1.29 is 28.2 Å². The Morgan fingerprint density at radius 3 is 2.23 bits per heavy atom. The zero-order chi connectivity index (χ0) is 29.6. The van der Waals surface area contributed by atoms with E-state index in [9.17, 15) is 19.2 Å². The van der Waals surface area contributed by atoms with Crippen LogP contribution in [-0.4, -0.2) is 58.4 Å². The van der Waals surface area contributed by atoms with Crippen LogP contribution in [0.15, 0.2) is 15.7 Å². The molecule has 1 aliphatic carbocycles. The average molecular weight is 564 g/mol. The fourth-order valence-corrected chi connectivity index (χ4v) is 4.71. The fraction of sp³-hybridized carbons (Fsp3) is 0.630. The van der Waals surface area contributed by atoms with E-state index in [1.807, 2.05) is 0 Å². The van der Waals surface area contributed by atoms with Crippen molar-refractivity contribution in [2.45, 2.75) is 91.0 Å². The summed E-state index contributed by atoms with van der Waals surface area (Å²) in [4.78, 5) is 53.5. The van der Waals surface area contributed by atoms with E-state index in [4.69, 9.17) is 14.2 Å². The molecule has 2 N–H and O–H groups in total. The summed E-state index contributed by atoms with van der Waals surface area (Å²) in [6.07, 6.45) is 0.312. The molecule has 1 aromatic carbocycles. The number of hydrogen-bond donors (Lipinski definition) is 2. The van der Waals surface area contributed by atoms with Crippen molar-refractivity contribution in [2.24, 2.45) is 0 Å². The molecule has 40 heavy (non-hydrogen) atoms. The van der Waals surface area contributed by atoms with Crippen LogP contribution in [0.4, 0.5) is 19.7 Å². The highest BCUT2D eigenvalue weighted by atomic mass is 19.1. The Hall–Kier alpha value is -3.77. The molecule has 2 fully saturated rings. The molecule has 2 aliphatic rings. The molecular formula is C27H38FN5O7. The molecule has 2 aromatic rings. The quantitative estimate of drug-likeness (QED) is 0.545. The Morgan fingerprint density at radius 1 is 1.02 bits per heavy atom. The van der Waals surface area contributed by atoms with Crippen molar-refractivity contribution in [1.29, 1.82) is 0 Å². The molecule has 220 valence electrons. The predicted octanol–water partition coefficient (Wildman–Crippen LogP) is 3.62. The van der Waals surface area contributed by atoms with Crippen LogP contribution in [0.3, 0.4) is 0 Å². The van der Waals surface area contributed by atoms with Crippen LogP contribution in [-0.2, 0) is 9.47 Å². The summed E-state index contributed by atoms with van der Waals surface area (Å²) in [6.45, 7) is 12.8. The number of nitrogens with one attached hydrogen (secondary N) is 2. The Balaban J connectivity index is 1.78. The van der Waals surface area contributed by atoms with Crippen molar-refractivity contribution in [1.82, 2.24) is 14.6 Å². The van der Waals surface area contributed by atoms with Gasteiger partial charge in [0.05, 0.1) is 18.0 Å². The lowest BCUT2D eigenvalue weighted by molar-refractivity contribution is 0.0507. The van der Waals surface area contributed by atoms with Crippen LogP contribution in [0.25, 0.3) is 10.9 Å². The van der Waals surface area contributed by atoms with E-state index in [2.05, 4.69) is 10.7 Å². The maximum absolute atomic E-state index is 15.8. The fourth-order valence-electron chi connectivity index (χ4n) is 4.71. The number of hydrogen-bond acceptors (Lipinski definition) is 8. The molecule has 1 saturated carbocycles. The van der Waals surface area contributed by atoms with Gasteiger partial charge in [0.2, 0.25) is 0 Å². The minimum atomic E-state index is -0.990. The molecule has 0 bridgehead atoms. The normalized spacial score (nSPS) is 17.6. The van der Waals surface area contributed by atoms with Gasteiger partial charge in [0.25, 0.3) is 5.56 Å². The number of halogens is 1. The molecule has 0 spiro atoms. The SMILES string of the molecule is CCOc1c(N2CCC(NC(=O)OC(C)(C)C)C2)c(F)cc2c(=O)n(NC(=O)OC(C)(C)C)c(=O)n(C3CC3)c12. The summed E-state index contributed by atoms with van der Waals surface area (Å²) in [7, 11) is 0. The summed E-state index contributed by atoms with van der Waals surface area (Å²) in [5.41, 5.74) is -0.723. The first-order valence-corrected chi connectivity index (χ1v) is 13.5. The number of anilines is 1. The largest absolute Gasteiger partial charge is 0.489 e. The van der Waals surface area contributed by atoms with Crippen LogP contribution >= 0.6 is 0 Å². The van der Waals surface area contributed by atoms with Gasteiger partial charge in [-0.1, -0.05) is 0 Å². The lowest BCUT2D eigenvalue weighted by atomic mass is 10.1. The summed E-state index contributed by atoms with van der Waals surface area (Å²) in [5, 5.41) is 2.70. The van der Waals surface area contributed by atoms with Crippen molar-refractivity contribution in [2.75, 3.05) is 30.0 Å². The molecule has 2 amide bonds. The maximum Gasteiger partial charge on any atom is 0.427 e. The zero-order valence-electron chi connectivity index (χ0n) is 24.1. The first-order valence-electron chi connectivity index (χ1n) is 13.5. The summed E-state index contributed by atoms with van der Waals surface area (Å²) in [5.74, 6) is -0.656. The number of fused-ring (bicyclic) bond motifs is 1. The van der Waals surface area contributed by atoms with E-state index in [0.717, 1.165) is 6.07 Å². The molecule has 1 atom stereocenters. The Morgan fingerprint density at radius 2 is 1.65 bits per heavy atom. The topological polar surface area (TPSA) is 133 Å². The van der Waals surface area contributed by atoms with E-state index in [-0.39, 0.29) is 47.6 Å². The molecular weight excluding hydrogens is 525 g/mol. The van der Waals surface area contributed by atoms with Crippen LogP contribution in [0, 0.1) is 5.82 Å². The van der Waals surface area contributed by atoms with Crippen LogP contribution in [0.2, 0.25) is 0 Å². The first kappa shape index (κ1) is 29.2. The van der Waals surface area contributed by atoms with Gasteiger partial charge in [-0.15, -0.1) is 0 Å². The number of aromatic nitrogens is 2. The number of nitrogens with zero attached hydrogens (tertiary/aromatic N) is 3. The molecule has 12 nitrogen and oxygen atoms in total. The van der Waals surface area contributed by atoms with E-state index in [1.165, 1.54) is 4.57 Å². The van der Waals surface area contributed by atoms with Gasteiger partial charge in [0, 0.05) is 19.1 Å². The zero-order valence-corrected chi connectivity index (χ0v) is 24.1. The van der Waals surface area contributed by atoms with Crippen molar-refractivity contribution >= 4 is 28.8 Å². The van der Waals surface area contributed by atoms with Gasteiger partial charge in [-0.05, 0) is 73.8 Å². The molecule has 1 aliphatic heterocycles. The monoisotopic (exact) mass is 563 g/mol. The highest BCUT2D eigenvalue weighted by Gasteiger charge is 2.35. The predicted molar refractivity (Wildman–Crippen MR) is 147 cm³/mol. The second kappa shape index (κ2) is 10.7. The summed E-state index contributed by atoms with van der Waals surface area (Å²) >= 11 is 0. The van der Waals surface area contributed by atoms with Gasteiger partial charge in [0.1, 0.15) is 22.4 Å². The number of carbonyl (C=O) groups excluding carboxylic acids is 2. The van der Waals surface area contributed by atoms with E-state index in [0.29, 0.717) is 30.5 Å². The van der Waals surface area contributed by atoms with Crippen LogP contribution in [0.1, 0.15) is 73.8 Å². The minimum absolute atomic E-state index is 0.0703. The molecule has 0 radical (unpaired) electrons. The first-order chi connectivity index (χ1) is 18.6. The van der Waals surface area contributed by atoms with Crippen LogP contribution in [0.5, 0.6) is 5.75 Å². The van der Waals surface area contributed by atoms with Crippen molar-refractivity contribution in [3.8, 4) is 5.75 Å². The lowest BCUT2D eigenvalue weighted by Gasteiger charge is -2.26. The summed E-state index contributed by atoms with van der Waals surface area (Å²) in [6, 6.07) is 0.506. The molecule has 13 heteroatoms. The molecule has 4 rings (SSSR count). The number of carbonyl (C=O) groups is 2. The number of alkyl carbamates (subject to hydrolysis) is 1. The van der Waals surface area contributed by atoms with Gasteiger partial charge in [0.15, 0.2) is 11.6 Å². The number of rotatable bonds is 6. The summed E-state index contributed by atoms with van der Waals surface area (Å²) < 4.78 is 34.3. The molecule has 1 aromatic heterocycles. The Labute approximate surface area is 231 Å². The minimum Gasteiger partial charge on any atom is -0.489 e. The van der Waals surface area contributed by atoms with Gasteiger partial charge in [-0.25, -0.2) is 24.2 Å². The third-order valence-corrected chi connectivity index (χ3v) is 6.28. The van der Waals surface area contributed by atoms with Gasteiger partial charge in [-0.3, -0.25) is 9.36 Å². The van der Waals surface area contributed by atoms with Crippen molar-refractivity contribution in [3.63, 3.8) is 0 Å². The van der Waals surface area contributed by atoms with Crippen LogP contribution < -0.4 is 31.6 Å². The van der Waals surface area contributed by atoms with E-state index < -0.39 is 40.5 Å². The van der Waals surface area contributed by atoms with Crippen molar-refractivity contribution in [3.05, 3.63) is 32.7 Å². The number of amides is 2. The van der Waals surface area contributed by atoms with Gasteiger partial charge in [-0.2, -0.15) is 4.68 Å². The Bertz CT molecular complexity index is 1430. The highest BCUT2D eigenvalue weighted by Crippen LogP contribution is 2.43. The number of ether oxygens (including phenoxy) is 3. The third kappa shape index (κ3) is 6.34. The smallest absolute Gasteiger partial charge is 0.427 e. The third-order valence-electron chi connectivity index (χ3n) is 6.28. The lowest BCUT2D eigenvalue weighted by Crippen LogP contribution is -2.48.